The molecule has 0 saturated carbocycles. The average molecular weight is 325 g/mol. The minimum atomic E-state index is 0.352. The lowest BCUT2D eigenvalue weighted by Gasteiger charge is -2.26. The summed E-state index contributed by atoms with van der Waals surface area (Å²) < 4.78 is 0. The Balaban J connectivity index is 1.91. The Kier molecular flexibility index (Phi) is 4.33. The van der Waals surface area contributed by atoms with Crippen LogP contribution < -0.4 is 4.90 Å². The molecule has 0 radical (unpaired) electrons. The lowest BCUT2D eigenvalue weighted by Crippen LogP contribution is -2.37. The van der Waals surface area contributed by atoms with Crippen LogP contribution in [0.25, 0.3) is 10.2 Å². The smallest absolute Gasteiger partial charge is 0.225 e. The lowest BCUT2D eigenvalue weighted by molar-refractivity contribution is 0.232. The van der Waals surface area contributed by atoms with Gasteiger partial charge >= 0.3 is 0 Å². The Morgan fingerprint density at radius 2 is 2.14 bits per heavy atom. The Bertz CT molecular complexity index is 638. The average Bonchev–Trinajstić information content (AvgIpc) is 3.05. The third kappa shape index (κ3) is 2.87. The zero-order chi connectivity index (χ0) is 15.0. The molecule has 3 rings (SSSR count). The van der Waals surface area contributed by atoms with Gasteiger partial charge in [0.25, 0.3) is 0 Å². The maximum Gasteiger partial charge on any atom is 0.225 e. The van der Waals surface area contributed by atoms with Crippen LogP contribution in [0.2, 0.25) is 5.28 Å². The van der Waals surface area contributed by atoms with Crippen LogP contribution in [0.5, 0.6) is 0 Å². The Hall–Kier alpha value is -0.910. The minimum Gasteiger partial charge on any atom is -0.354 e. The van der Waals surface area contributed by atoms with Gasteiger partial charge in [-0.2, -0.15) is 4.98 Å². The number of halogens is 1. The molecule has 3 heterocycles. The summed E-state index contributed by atoms with van der Waals surface area (Å²) in [5, 5.41) is 1.49. The Morgan fingerprint density at radius 1 is 1.38 bits per heavy atom. The molecule has 1 saturated heterocycles. The van der Waals surface area contributed by atoms with Gasteiger partial charge in [-0.25, -0.2) is 4.98 Å². The van der Waals surface area contributed by atoms with E-state index in [9.17, 15) is 0 Å². The van der Waals surface area contributed by atoms with Gasteiger partial charge < -0.3 is 4.90 Å². The van der Waals surface area contributed by atoms with Crippen molar-refractivity contribution in [3.8, 4) is 0 Å². The normalized spacial score (nSPS) is 19.1. The van der Waals surface area contributed by atoms with Crippen LogP contribution in [0.15, 0.2) is 6.07 Å². The fourth-order valence-corrected chi connectivity index (χ4v) is 4.30. The highest BCUT2D eigenvalue weighted by Crippen LogP contribution is 2.33. The maximum absolute atomic E-state index is 6.11. The molecule has 1 atom stereocenters. The van der Waals surface area contributed by atoms with Crippen molar-refractivity contribution in [2.45, 2.75) is 33.2 Å². The van der Waals surface area contributed by atoms with Crippen molar-refractivity contribution < 1.29 is 0 Å². The third-order valence-corrected chi connectivity index (χ3v) is 5.37. The number of thiophene rings is 1. The number of aryl methyl sites for hydroxylation is 1. The van der Waals surface area contributed by atoms with E-state index in [1.54, 1.807) is 11.3 Å². The molecule has 0 spiro atoms. The lowest BCUT2D eigenvalue weighted by atomic mass is 10.2. The summed E-state index contributed by atoms with van der Waals surface area (Å²) in [5.74, 6) is 1.00. The molecular formula is C15H21ClN4S. The SMILES string of the molecule is CCN(CC)C1CCN(c2nc(Cl)nc3sc(C)cc23)C1. The number of rotatable bonds is 4. The van der Waals surface area contributed by atoms with E-state index in [0.29, 0.717) is 11.3 Å². The zero-order valence-electron chi connectivity index (χ0n) is 12.8. The van der Waals surface area contributed by atoms with E-state index in [4.69, 9.17) is 11.6 Å². The summed E-state index contributed by atoms with van der Waals surface area (Å²) in [5.41, 5.74) is 0. The van der Waals surface area contributed by atoms with Crippen LogP contribution >= 0.6 is 22.9 Å². The van der Waals surface area contributed by atoms with Crippen molar-refractivity contribution >= 4 is 39.0 Å². The van der Waals surface area contributed by atoms with Crippen molar-refractivity contribution in [1.82, 2.24) is 14.9 Å². The highest BCUT2D eigenvalue weighted by Gasteiger charge is 2.28. The summed E-state index contributed by atoms with van der Waals surface area (Å²) in [7, 11) is 0. The number of hydrogen-bond donors (Lipinski definition) is 0. The molecule has 0 amide bonds. The van der Waals surface area contributed by atoms with Crippen LogP contribution in [0, 0.1) is 6.92 Å². The molecule has 6 heteroatoms. The summed E-state index contributed by atoms with van der Waals surface area (Å²) in [4.78, 5) is 16.0. The second kappa shape index (κ2) is 6.07. The predicted octanol–water partition coefficient (Wildman–Crippen LogP) is 3.57. The largest absolute Gasteiger partial charge is 0.354 e. The van der Waals surface area contributed by atoms with E-state index in [-0.39, 0.29) is 0 Å². The molecule has 2 aromatic rings. The summed E-state index contributed by atoms with van der Waals surface area (Å²) in [6.07, 6.45) is 1.19. The van der Waals surface area contributed by atoms with Gasteiger partial charge in [-0.3, -0.25) is 4.90 Å². The number of aromatic nitrogens is 2. The number of fused-ring (bicyclic) bond motifs is 1. The van der Waals surface area contributed by atoms with Crippen LogP contribution in [-0.4, -0.2) is 47.1 Å². The van der Waals surface area contributed by atoms with E-state index < -0.39 is 0 Å². The predicted molar refractivity (Wildman–Crippen MR) is 90.7 cm³/mol. The number of anilines is 1. The number of likely N-dealkylation sites (N-methyl/N-ethyl adjacent to an activating group) is 1. The number of hydrogen-bond acceptors (Lipinski definition) is 5. The molecule has 1 aliphatic heterocycles. The monoisotopic (exact) mass is 324 g/mol. The van der Waals surface area contributed by atoms with Crippen molar-refractivity contribution in [3.63, 3.8) is 0 Å². The second-order valence-electron chi connectivity index (χ2n) is 5.50. The fraction of sp³-hybridized carbons (Fsp3) is 0.600. The minimum absolute atomic E-state index is 0.352. The van der Waals surface area contributed by atoms with Gasteiger partial charge in [0.15, 0.2) is 0 Å². The van der Waals surface area contributed by atoms with Gasteiger partial charge in [-0.1, -0.05) is 13.8 Å². The quantitative estimate of drug-likeness (QED) is 0.805. The molecule has 2 aromatic heterocycles. The third-order valence-electron chi connectivity index (χ3n) is 4.26. The van der Waals surface area contributed by atoms with E-state index in [2.05, 4.69) is 46.6 Å². The molecule has 4 nitrogen and oxygen atoms in total. The van der Waals surface area contributed by atoms with Gasteiger partial charge in [-0.15, -0.1) is 11.3 Å². The molecule has 0 bridgehead atoms. The summed E-state index contributed by atoms with van der Waals surface area (Å²) in [6, 6.07) is 2.79. The molecule has 1 fully saturated rings. The first-order chi connectivity index (χ1) is 10.1. The molecule has 114 valence electrons. The second-order valence-corrected chi connectivity index (χ2v) is 7.07. The van der Waals surface area contributed by atoms with Gasteiger partial charge in [0.2, 0.25) is 5.28 Å². The maximum atomic E-state index is 6.11. The van der Waals surface area contributed by atoms with Crippen molar-refractivity contribution in [2.24, 2.45) is 0 Å². The first kappa shape index (κ1) is 15.0. The van der Waals surface area contributed by atoms with Gasteiger partial charge in [0.05, 0.1) is 5.39 Å². The van der Waals surface area contributed by atoms with E-state index in [0.717, 1.165) is 42.2 Å². The highest BCUT2D eigenvalue weighted by molar-refractivity contribution is 7.18. The molecule has 21 heavy (non-hydrogen) atoms. The zero-order valence-corrected chi connectivity index (χ0v) is 14.3. The van der Waals surface area contributed by atoms with Crippen LogP contribution in [0.4, 0.5) is 5.82 Å². The summed E-state index contributed by atoms with van der Waals surface area (Å²) in [6.45, 7) is 10.8. The van der Waals surface area contributed by atoms with Crippen LogP contribution in [-0.2, 0) is 0 Å². The summed E-state index contributed by atoms with van der Waals surface area (Å²) >= 11 is 7.80. The van der Waals surface area contributed by atoms with Crippen molar-refractivity contribution in [3.05, 3.63) is 16.2 Å². The van der Waals surface area contributed by atoms with E-state index >= 15 is 0 Å². The van der Waals surface area contributed by atoms with Crippen molar-refractivity contribution in [1.29, 1.82) is 0 Å². The topological polar surface area (TPSA) is 32.3 Å². The Morgan fingerprint density at radius 3 is 2.86 bits per heavy atom. The standard InChI is InChI=1S/C15H21ClN4S/c1-4-19(5-2)11-6-7-20(9-11)13-12-8-10(3)21-14(12)18-15(16)17-13/h8,11H,4-7,9H2,1-3H3. The first-order valence-corrected chi connectivity index (χ1v) is 8.74. The van der Waals surface area contributed by atoms with E-state index in [1.165, 1.54) is 11.3 Å². The molecule has 0 aromatic carbocycles. The van der Waals surface area contributed by atoms with Crippen molar-refractivity contribution in [2.75, 3.05) is 31.1 Å². The molecular weight excluding hydrogens is 304 g/mol. The molecule has 0 N–H and O–H groups in total. The molecule has 0 aliphatic carbocycles. The van der Waals surface area contributed by atoms with Gasteiger partial charge in [0, 0.05) is 24.0 Å². The van der Waals surface area contributed by atoms with Crippen LogP contribution in [0.3, 0.4) is 0 Å². The highest BCUT2D eigenvalue weighted by atomic mass is 35.5. The number of nitrogens with zero attached hydrogens (tertiary/aromatic N) is 4. The van der Waals surface area contributed by atoms with Gasteiger partial charge in [0.1, 0.15) is 10.6 Å². The fourth-order valence-electron chi connectivity index (χ4n) is 3.21. The van der Waals surface area contributed by atoms with Gasteiger partial charge in [-0.05, 0) is 44.1 Å². The Labute approximate surface area is 134 Å². The molecule has 1 aliphatic rings. The first-order valence-electron chi connectivity index (χ1n) is 7.55. The molecule has 1 unspecified atom stereocenters. The van der Waals surface area contributed by atoms with E-state index in [1.807, 2.05) is 0 Å². The van der Waals surface area contributed by atoms with Crippen LogP contribution in [0.1, 0.15) is 25.1 Å².